The number of carbonyl (C=O) groups is 1. The molecule has 6 rings (SSSR count). The third kappa shape index (κ3) is 5.77. The van der Waals surface area contributed by atoms with Crippen LogP contribution in [0.3, 0.4) is 0 Å². The molecule has 0 spiro atoms. The Labute approximate surface area is 260 Å². The molecule has 2 atom stereocenters. The number of hydrogen-bond donors (Lipinski definition) is 1. The van der Waals surface area contributed by atoms with Crippen molar-refractivity contribution < 1.29 is 23.8 Å². The van der Waals surface area contributed by atoms with E-state index in [4.69, 9.17) is 9.47 Å². The molecule has 1 N–H and O–H groups in total. The smallest absolute Gasteiger partial charge is 0.341 e. The summed E-state index contributed by atoms with van der Waals surface area (Å²) in [5, 5.41) is 9.80. The molecule has 0 bridgehead atoms. The first kappa shape index (κ1) is 30.3. The Bertz CT molecular complexity index is 1800. The molecule has 45 heavy (non-hydrogen) atoms. The number of carboxylic acids is 1. The number of carboxylic acid groups (broad SMARTS) is 1. The fourth-order valence-corrected chi connectivity index (χ4v) is 6.13. The Morgan fingerprint density at radius 1 is 1.16 bits per heavy atom. The second-order valence-corrected chi connectivity index (χ2v) is 12.2. The summed E-state index contributed by atoms with van der Waals surface area (Å²) in [6.07, 6.45) is 3.71. The fraction of sp³-hybridized carbons (Fsp3) is 0.394. The summed E-state index contributed by atoms with van der Waals surface area (Å²) in [4.78, 5) is 40.6. The first-order valence-electron chi connectivity index (χ1n) is 14.9. The van der Waals surface area contributed by atoms with Gasteiger partial charge in [-0.25, -0.2) is 14.2 Å². The van der Waals surface area contributed by atoms with Crippen LogP contribution in [0.25, 0.3) is 16.6 Å². The molecular formula is C33H37FN6O5. The fourth-order valence-electron chi connectivity index (χ4n) is 6.13. The monoisotopic (exact) mass is 616 g/mol. The molecular weight excluding hydrogens is 579 g/mol. The Balaban J connectivity index is 1.36. The van der Waals surface area contributed by atoms with Crippen molar-refractivity contribution >= 4 is 28.4 Å². The van der Waals surface area contributed by atoms with Gasteiger partial charge in [0.05, 0.1) is 36.2 Å². The van der Waals surface area contributed by atoms with E-state index in [-0.39, 0.29) is 24.0 Å². The average molecular weight is 617 g/mol. The lowest BCUT2D eigenvalue weighted by Crippen LogP contribution is -2.57. The number of halogens is 1. The summed E-state index contributed by atoms with van der Waals surface area (Å²) in [5.41, 5.74) is 0.923. The van der Waals surface area contributed by atoms with E-state index in [1.807, 2.05) is 44.1 Å². The molecule has 3 aromatic heterocycles. The molecule has 0 saturated carbocycles. The van der Waals surface area contributed by atoms with Crippen LogP contribution < -0.4 is 24.7 Å². The molecule has 2 fully saturated rings. The number of aromatic nitrogens is 3. The number of methoxy groups -OCH3 is 1. The lowest BCUT2D eigenvalue weighted by Gasteiger charge is -2.43. The second kappa shape index (κ2) is 12.0. The van der Waals surface area contributed by atoms with E-state index in [0.29, 0.717) is 41.2 Å². The maximum Gasteiger partial charge on any atom is 0.341 e. The zero-order chi connectivity index (χ0) is 32.0. The normalized spacial score (nSPS) is 18.5. The number of fused-ring (bicyclic) bond motifs is 1. The topological polar surface area (TPSA) is 113 Å². The number of aromatic carboxylic acids is 1. The van der Waals surface area contributed by atoms with E-state index in [1.54, 1.807) is 30.0 Å². The van der Waals surface area contributed by atoms with Crippen LogP contribution in [0.15, 0.2) is 53.6 Å². The molecule has 12 heteroatoms. The highest BCUT2D eigenvalue weighted by atomic mass is 19.1. The van der Waals surface area contributed by atoms with Crippen LogP contribution in [-0.2, 0) is 0 Å². The summed E-state index contributed by atoms with van der Waals surface area (Å²) in [5.74, 6) is -0.0276. The first-order chi connectivity index (χ1) is 21.5. The third-order valence-corrected chi connectivity index (χ3v) is 8.81. The van der Waals surface area contributed by atoms with Crippen LogP contribution in [0, 0.1) is 18.7 Å². The minimum atomic E-state index is -1.38. The van der Waals surface area contributed by atoms with Crippen molar-refractivity contribution in [2.24, 2.45) is 5.92 Å². The number of ether oxygens (including phenoxy) is 2. The Kier molecular flexibility index (Phi) is 8.08. The number of hydrogen-bond acceptors (Lipinski definition) is 9. The number of benzene rings is 1. The Morgan fingerprint density at radius 3 is 2.60 bits per heavy atom. The molecule has 1 aromatic carbocycles. The highest BCUT2D eigenvalue weighted by Crippen LogP contribution is 2.34. The van der Waals surface area contributed by atoms with Crippen LogP contribution in [0.5, 0.6) is 11.8 Å². The van der Waals surface area contributed by atoms with Crippen molar-refractivity contribution in [3.8, 4) is 17.4 Å². The van der Waals surface area contributed by atoms with Gasteiger partial charge in [0.25, 0.3) is 0 Å². The lowest BCUT2D eigenvalue weighted by molar-refractivity contribution is 0.0695. The summed E-state index contributed by atoms with van der Waals surface area (Å²) < 4.78 is 28.9. The standard InChI is InChI=1S/C33H37FN6O5/c1-19-10-22(18-45-32-20(2)6-9-30(36-32)44-5)39(14-19)28-12-27-24(11-26(28)34)31(41)25(33(42)43)17-40(27)21-7-8-29(35-13-21)38-15-23(16-38)37(3)4/h6-9,11-13,17,19,22-23H,10,14-16,18H2,1-5H3,(H,42,43)/t19-,22-/m1/s1. The van der Waals surface area contributed by atoms with Gasteiger partial charge in [-0.2, -0.15) is 4.98 Å². The summed E-state index contributed by atoms with van der Waals surface area (Å²) in [6, 6.07) is 10.4. The number of likely N-dealkylation sites (N-methyl/N-ethyl adjacent to an activating group) is 1. The van der Waals surface area contributed by atoms with Crippen molar-refractivity contribution in [1.82, 2.24) is 19.4 Å². The van der Waals surface area contributed by atoms with E-state index in [9.17, 15) is 14.7 Å². The zero-order valence-corrected chi connectivity index (χ0v) is 26.0. The van der Waals surface area contributed by atoms with Gasteiger partial charge in [0.1, 0.15) is 23.8 Å². The van der Waals surface area contributed by atoms with Crippen LogP contribution in [0.2, 0.25) is 0 Å². The van der Waals surface area contributed by atoms with Crippen LogP contribution in [-0.4, -0.2) is 90.0 Å². The molecule has 2 aliphatic heterocycles. The highest BCUT2D eigenvalue weighted by molar-refractivity contribution is 5.94. The van der Waals surface area contributed by atoms with Crippen molar-refractivity contribution in [3.05, 3.63) is 76.0 Å². The van der Waals surface area contributed by atoms with Crippen LogP contribution >= 0.6 is 0 Å². The van der Waals surface area contributed by atoms with Crippen LogP contribution in [0.4, 0.5) is 15.9 Å². The zero-order valence-electron chi connectivity index (χ0n) is 26.0. The van der Waals surface area contributed by atoms with Crippen molar-refractivity contribution in [2.45, 2.75) is 32.4 Å². The van der Waals surface area contributed by atoms with Gasteiger partial charge in [0, 0.05) is 48.9 Å². The molecule has 236 valence electrons. The van der Waals surface area contributed by atoms with Crippen molar-refractivity contribution in [2.75, 3.05) is 57.2 Å². The molecule has 0 amide bonds. The van der Waals surface area contributed by atoms with Crippen molar-refractivity contribution in [1.29, 1.82) is 0 Å². The van der Waals surface area contributed by atoms with E-state index >= 15 is 4.39 Å². The molecule has 0 radical (unpaired) electrons. The van der Waals surface area contributed by atoms with E-state index in [2.05, 4.69) is 26.7 Å². The first-order valence-corrected chi connectivity index (χ1v) is 14.9. The van der Waals surface area contributed by atoms with E-state index in [1.165, 1.54) is 6.20 Å². The van der Waals surface area contributed by atoms with Gasteiger partial charge in [-0.3, -0.25) is 4.79 Å². The number of rotatable bonds is 9. The van der Waals surface area contributed by atoms with Gasteiger partial charge >= 0.3 is 5.97 Å². The summed E-state index contributed by atoms with van der Waals surface area (Å²) >= 11 is 0. The van der Waals surface area contributed by atoms with Gasteiger partial charge in [-0.1, -0.05) is 6.92 Å². The lowest BCUT2D eigenvalue weighted by atomic mass is 10.1. The number of anilines is 2. The molecule has 0 aliphatic carbocycles. The largest absolute Gasteiger partial charge is 0.481 e. The van der Waals surface area contributed by atoms with E-state index in [0.717, 1.165) is 37.0 Å². The summed E-state index contributed by atoms with van der Waals surface area (Å²) in [7, 11) is 5.64. The van der Waals surface area contributed by atoms with Crippen LogP contribution in [0.1, 0.15) is 29.3 Å². The minimum Gasteiger partial charge on any atom is -0.481 e. The predicted octanol–water partition coefficient (Wildman–Crippen LogP) is 3.98. The molecule has 2 saturated heterocycles. The maximum atomic E-state index is 15.9. The highest BCUT2D eigenvalue weighted by Gasteiger charge is 2.33. The number of nitrogens with zero attached hydrogens (tertiary/aromatic N) is 6. The molecule has 2 aliphatic rings. The predicted molar refractivity (Wildman–Crippen MR) is 170 cm³/mol. The van der Waals surface area contributed by atoms with E-state index < -0.39 is 22.8 Å². The number of pyridine rings is 3. The SMILES string of the molecule is COc1ccc(C)c(OC[C@H]2C[C@@H](C)CN2c2cc3c(cc2F)c(=O)c(C(=O)O)cn3-c2ccc(N3CC(N(C)C)C3)nc2)n1. The number of aryl methyl sites for hydroxylation is 1. The van der Waals surface area contributed by atoms with Gasteiger partial charge in [-0.15, -0.1) is 0 Å². The minimum absolute atomic E-state index is 0.0203. The Hall–Kier alpha value is -4.71. The Morgan fingerprint density at radius 2 is 1.93 bits per heavy atom. The third-order valence-electron chi connectivity index (χ3n) is 8.81. The second-order valence-electron chi connectivity index (χ2n) is 12.2. The average Bonchev–Trinajstić information content (AvgIpc) is 3.36. The van der Waals surface area contributed by atoms with Crippen molar-refractivity contribution in [3.63, 3.8) is 0 Å². The quantitative estimate of drug-likeness (QED) is 0.296. The molecule has 4 aromatic rings. The van der Waals surface area contributed by atoms with Gasteiger partial charge < -0.3 is 33.8 Å². The molecule has 5 heterocycles. The molecule has 11 nitrogen and oxygen atoms in total. The summed E-state index contributed by atoms with van der Waals surface area (Å²) in [6.45, 7) is 6.57. The molecule has 0 unspecified atom stereocenters. The van der Waals surface area contributed by atoms with Gasteiger partial charge in [-0.05, 0) is 63.7 Å². The maximum absolute atomic E-state index is 15.9. The van der Waals surface area contributed by atoms with Gasteiger partial charge in [0.2, 0.25) is 17.2 Å². The van der Waals surface area contributed by atoms with Gasteiger partial charge in [0.15, 0.2) is 0 Å².